The van der Waals surface area contributed by atoms with E-state index < -0.39 is 0 Å². The van der Waals surface area contributed by atoms with Crippen molar-refractivity contribution in [2.45, 2.75) is 37.5 Å². The lowest BCUT2D eigenvalue weighted by Crippen LogP contribution is -1.83. The smallest absolute Gasteiger partial charge is 0.128 e. The van der Waals surface area contributed by atoms with Crippen LogP contribution in [0.3, 0.4) is 0 Å². The van der Waals surface area contributed by atoms with Crippen LogP contribution in [0, 0.1) is 11.3 Å². The molecule has 0 saturated heterocycles. The predicted molar refractivity (Wildman–Crippen MR) is 50.8 cm³/mol. The highest BCUT2D eigenvalue weighted by Gasteiger charge is 2.33. The quantitative estimate of drug-likeness (QED) is 0.719. The number of nitriles is 1. The Morgan fingerprint density at radius 2 is 1.92 bits per heavy atom. The lowest BCUT2D eigenvalue weighted by Gasteiger charge is -1.88. The fourth-order valence-corrected chi connectivity index (χ4v) is 2.69. The number of thiazole rings is 1. The van der Waals surface area contributed by atoms with E-state index in [9.17, 15) is 0 Å². The summed E-state index contributed by atoms with van der Waals surface area (Å²) in [7, 11) is 0. The van der Waals surface area contributed by atoms with Crippen molar-refractivity contribution in [3.63, 3.8) is 0 Å². The van der Waals surface area contributed by atoms with E-state index in [4.69, 9.17) is 5.26 Å². The van der Waals surface area contributed by atoms with Gasteiger partial charge in [-0.15, -0.1) is 11.3 Å². The molecule has 1 aromatic heterocycles. The summed E-state index contributed by atoms with van der Waals surface area (Å²) in [6.45, 7) is 0. The van der Waals surface area contributed by atoms with Crippen LogP contribution < -0.4 is 0 Å². The summed E-state index contributed by atoms with van der Waals surface area (Å²) >= 11 is 1.63. The van der Waals surface area contributed by atoms with E-state index >= 15 is 0 Å². The van der Waals surface area contributed by atoms with Gasteiger partial charge >= 0.3 is 0 Å². The van der Waals surface area contributed by atoms with Gasteiger partial charge in [0.25, 0.3) is 0 Å². The van der Waals surface area contributed by atoms with Crippen LogP contribution >= 0.6 is 11.3 Å². The van der Waals surface area contributed by atoms with Crippen LogP contribution in [0.4, 0.5) is 0 Å². The Balaban J connectivity index is 2.01. The summed E-state index contributed by atoms with van der Waals surface area (Å²) in [5.74, 6) is 1.32. The highest BCUT2D eigenvalue weighted by molar-refractivity contribution is 7.12. The van der Waals surface area contributed by atoms with Gasteiger partial charge in [-0.05, 0) is 25.7 Å². The summed E-state index contributed by atoms with van der Waals surface area (Å²) in [5.41, 5.74) is 1.11. The molecule has 2 saturated carbocycles. The number of hydrogen-bond acceptors (Lipinski definition) is 3. The molecule has 2 nitrogen and oxygen atoms in total. The number of hydrogen-bond donors (Lipinski definition) is 0. The first-order chi connectivity index (χ1) is 6.38. The van der Waals surface area contributed by atoms with Crippen LogP contribution in [0.1, 0.15) is 53.1 Å². The lowest BCUT2D eigenvalue weighted by atomic mass is 10.2. The lowest BCUT2D eigenvalue weighted by molar-refractivity contribution is 0.984. The first kappa shape index (κ1) is 7.52. The van der Waals surface area contributed by atoms with Crippen molar-refractivity contribution in [3.05, 3.63) is 15.6 Å². The molecule has 2 aliphatic carbocycles. The highest BCUT2D eigenvalue weighted by Crippen LogP contribution is 2.47. The van der Waals surface area contributed by atoms with Gasteiger partial charge in [0.1, 0.15) is 10.9 Å². The molecule has 2 fully saturated rings. The van der Waals surface area contributed by atoms with Crippen molar-refractivity contribution in [2.75, 3.05) is 0 Å². The zero-order chi connectivity index (χ0) is 8.84. The Labute approximate surface area is 81.2 Å². The summed E-state index contributed by atoms with van der Waals surface area (Å²) in [5, 5.41) is 10.2. The largest absolute Gasteiger partial charge is 0.244 e. The molecule has 0 spiro atoms. The summed E-state index contributed by atoms with van der Waals surface area (Å²) in [6, 6.07) is 2.28. The van der Waals surface area contributed by atoms with Gasteiger partial charge in [0.15, 0.2) is 0 Å². The summed E-state index contributed by atoms with van der Waals surface area (Å²) in [6.07, 6.45) is 5.04. The number of nitrogens with zero attached hydrogens (tertiary/aromatic N) is 2. The van der Waals surface area contributed by atoms with Crippen LogP contribution in [-0.2, 0) is 0 Å². The van der Waals surface area contributed by atoms with Crippen molar-refractivity contribution >= 4 is 11.3 Å². The first-order valence-electron chi connectivity index (χ1n) is 4.79. The molecule has 0 radical (unpaired) electrons. The predicted octanol–water partition coefficient (Wildman–Crippen LogP) is 2.77. The van der Waals surface area contributed by atoms with Crippen LogP contribution in [0.15, 0.2) is 0 Å². The fourth-order valence-electron chi connectivity index (χ4n) is 1.57. The Hall–Kier alpha value is -0.880. The highest BCUT2D eigenvalue weighted by atomic mass is 32.1. The van der Waals surface area contributed by atoms with Crippen molar-refractivity contribution in [1.29, 1.82) is 5.26 Å². The molecule has 0 amide bonds. The summed E-state index contributed by atoms with van der Waals surface area (Å²) in [4.78, 5) is 5.48. The molecule has 0 aromatic carbocycles. The molecule has 3 heteroatoms. The first-order valence-corrected chi connectivity index (χ1v) is 5.61. The van der Waals surface area contributed by atoms with E-state index in [2.05, 4.69) is 11.1 Å². The van der Waals surface area contributed by atoms with Gasteiger partial charge < -0.3 is 0 Å². The third-order valence-electron chi connectivity index (χ3n) is 2.66. The Kier molecular flexibility index (Phi) is 1.48. The monoisotopic (exact) mass is 190 g/mol. The SMILES string of the molecule is N#Cc1sc(C2CC2)nc1C1CC1. The molecule has 0 unspecified atom stereocenters. The summed E-state index contributed by atoms with van der Waals surface area (Å²) < 4.78 is 0. The third-order valence-corrected chi connectivity index (χ3v) is 3.80. The van der Waals surface area contributed by atoms with E-state index in [1.807, 2.05) is 0 Å². The van der Waals surface area contributed by atoms with E-state index in [-0.39, 0.29) is 0 Å². The minimum absolute atomic E-state index is 0.624. The van der Waals surface area contributed by atoms with Crippen molar-refractivity contribution in [3.8, 4) is 6.07 Å². The molecular weight excluding hydrogens is 180 g/mol. The second-order valence-electron chi connectivity index (χ2n) is 3.93. The molecule has 0 aliphatic heterocycles. The molecule has 66 valence electrons. The van der Waals surface area contributed by atoms with Crippen LogP contribution in [0.25, 0.3) is 0 Å². The van der Waals surface area contributed by atoms with Crippen LogP contribution in [0.5, 0.6) is 0 Å². The molecular formula is C10H10N2S. The minimum Gasteiger partial charge on any atom is -0.244 e. The van der Waals surface area contributed by atoms with Crippen molar-refractivity contribution in [2.24, 2.45) is 0 Å². The normalized spacial score (nSPS) is 21.5. The van der Waals surface area contributed by atoms with Crippen LogP contribution in [-0.4, -0.2) is 4.98 Å². The third kappa shape index (κ3) is 1.26. The molecule has 2 aliphatic rings. The molecule has 3 rings (SSSR count). The zero-order valence-corrected chi connectivity index (χ0v) is 8.10. The minimum atomic E-state index is 0.624. The van der Waals surface area contributed by atoms with Gasteiger partial charge in [-0.1, -0.05) is 0 Å². The van der Waals surface area contributed by atoms with Crippen molar-refractivity contribution in [1.82, 2.24) is 4.98 Å². The van der Waals surface area contributed by atoms with Gasteiger partial charge in [-0.2, -0.15) is 5.26 Å². The van der Waals surface area contributed by atoms with Gasteiger partial charge in [0.05, 0.1) is 10.7 Å². The number of rotatable bonds is 2. The Morgan fingerprint density at radius 1 is 1.23 bits per heavy atom. The molecule has 0 bridgehead atoms. The fraction of sp³-hybridized carbons (Fsp3) is 0.600. The van der Waals surface area contributed by atoms with E-state index in [1.54, 1.807) is 11.3 Å². The Bertz CT molecular complexity index is 380. The number of aromatic nitrogens is 1. The van der Waals surface area contributed by atoms with Crippen LogP contribution in [0.2, 0.25) is 0 Å². The van der Waals surface area contributed by atoms with Gasteiger partial charge in [-0.25, -0.2) is 4.98 Å². The molecule has 0 atom stereocenters. The standard InChI is InChI=1S/C10H10N2S/c11-5-8-9(6-1-2-6)12-10(13-8)7-3-4-7/h6-7H,1-4H2. The maximum absolute atomic E-state index is 8.93. The van der Waals surface area contributed by atoms with E-state index in [0.29, 0.717) is 11.8 Å². The van der Waals surface area contributed by atoms with Gasteiger partial charge in [0.2, 0.25) is 0 Å². The van der Waals surface area contributed by atoms with Crippen molar-refractivity contribution < 1.29 is 0 Å². The van der Waals surface area contributed by atoms with Gasteiger partial charge in [0, 0.05) is 11.8 Å². The zero-order valence-electron chi connectivity index (χ0n) is 7.29. The van der Waals surface area contributed by atoms with E-state index in [1.165, 1.54) is 30.7 Å². The molecule has 1 heterocycles. The molecule has 0 N–H and O–H groups in total. The second kappa shape index (κ2) is 2.55. The Morgan fingerprint density at radius 3 is 2.46 bits per heavy atom. The second-order valence-corrected chi connectivity index (χ2v) is 4.96. The average Bonchev–Trinajstić information content (AvgIpc) is 3.02. The average molecular weight is 190 g/mol. The maximum atomic E-state index is 8.93. The molecule has 13 heavy (non-hydrogen) atoms. The maximum Gasteiger partial charge on any atom is 0.128 e. The molecule has 1 aromatic rings. The van der Waals surface area contributed by atoms with Gasteiger partial charge in [-0.3, -0.25) is 0 Å². The van der Waals surface area contributed by atoms with E-state index in [0.717, 1.165) is 10.6 Å². The topological polar surface area (TPSA) is 36.7 Å².